The molecule has 1 fully saturated rings. The van der Waals surface area contributed by atoms with Crippen LogP contribution in [-0.4, -0.2) is 45.6 Å². The summed E-state index contributed by atoms with van der Waals surface area (Å²) in [5, 5.41) is 3.27. The second kappa shape index (κ2) is 7.30. The molecule has 0 spiro atoms. The molecule has 0 saturated heterocycles. The normalized spacial score (nSPS) is 15.8. The third-order valence-electron chi connectivity index (χ3n) is 2.97. The number of aromatic nitrogens is 1. The van der Waals surface area contributed by atoms with E-state index in [0.717, 1.165) is 18.5 Å². The fourth-order valence-corrected chi connectivity index (χ4v) is 2.75. The van der Waals surface area contributed by atoms with Crippen LogP contribution in [0.2, 0.25) is 0 Å². The number of halogens is 2. The van der Waals surface area contributed by atoms with Gasteiger partial charge in [-0.25, -0.2) is 21.9 Å². The number of sulfonamides is 1. The average molecular weight is 323 g/mol. The Balaban J connectivity index is 1.75. The van der Waals surface area contributed by atoms with E-state index in [9.17, 15) is 17.2 Å². The van der Waals surface area contributed by atoms with Crippen LogP contribution in [0.5, 0.6) is 0 Å². The first-order valence-electron chi connectivity index (χ1n) is 6.73. The van der Waals surface area contributed by atoms with Gasteiger partial charge in [-0.1, -0.05) is 0 Å². The van der Waals surface area contributed by atoms with Gasteiger partial charge in [0.05, 0.1) is 11.5 Å². The standard InChI is InChI=1S/C12H19F2N3O3S/c13-12(14)8-20-4-3-17-21(18,19)11-5-10(16-7-11)6-15-9-1-2-9/h5,7,9,12,15-17H,1-4,6,8H2. The molecule has 1 aliphatic rings. The van der Waals surface area contributed by atoms with E-state index in [1.807, 2.05) is 0 Å². The van der Waals surface area contributed by atoms with Gasteiger partial charge in [0.2, 0.25) is 10.0 Å². The Kier molecular flexibility index (Phi) is 5.68. The van der Waals surface area contributed by atoms with Gasteiger partial charge in [-0.2, -0.15) is 0 Å². The van der Waals surface area contributed by atoms with E-state index in [1.165, 1.54) is 6.20 Å². The molecule has 1 aromatic rings. The molecule has 0 unspecified atom stereocenters. The van der Waals surface area contributed by atoms with Gasteiger partial charge in [0.25, 0.3) is 6.43 Å². The molecule has 0 radical (unpaired) electrons. The third-order valence-corrected chi connectivity index (χ3v) is 4.41. The van der Waals surface area contributed by atoms with Crippen molar-refractivity contribution in [3.63, 3.8) is 0 Å². The molecule has 1 saturated carbocycles. The molecule has 0 aromatic carbocycles. The minimum Gasteiger partial charge on any atom is -0.374 e. The van der Waals surface area contributed by atoms with Crippen molar-refractivity contribution in [2.24, 2.45) is 0 Å². The molecular formula is C12H19F2N3O3S. The second-order valence-corrected chi connectivity index (χ2v) is 6.65. The Labute approximate surface area is 122 Å². The molecule has 0 aliphatic heterocycles. The zero-order chi connectivity index (χ0) is 15.3. The van der Waals surface area contributed by atoms with Gasteiger partial charge < -0.3 is 15.0 Å². The van der Waals surface area contributed by atoms with Crippen molar-refractivity contribution in [1.29, 1.82) is 0 Å². The van der Waals surface area contributed by atoms with Crippen LogP contribution in [0.3, 0.4) is 0 Å². The maximum absolute atomic E-state index is 11.9. The lowest BCUT2D eigenvalue weighted by molar-refractivity contribution is 0.0199. The Hall–Kier alpha value is -1.03. The van der Waals surface area contributed by atoms with Gasteiger partial charge in [0.1, 0.15) is 6.61 Å². The predicted molar refractivity (Wildman–Crippen MR) is 72.7 cm³/mol. The lowest BCUT2D eigenvalue weighted by Gasteiger charge is -2.05. The summed E-state index contributed by atoms with van der Waals surface area (Å²) in [5.41, 5.74) is 0.788. The first-order chi connectivity index (χ1) is 9.97. The van der Waals surface area contributed by atoms with Crippen LogP contribution >= 0.6 is 0 Å². The summed E-state index contributed by atoms with van der Waals surface area (Å²) < 4.78 is 54.4. The predicted octanol–water partition coefficient (Wildman–Crippen LogP) is 0.827. The van der Waals surface area contributed by atoms with Crippen molar-refractivity contribution in [1.82, 2.24) is 15.0 Å². The number of hydrogen-bond donors (Lipinski definition) is 3. The molecule has 120 valence electrons. The number of ether oxygens (including phenoxy) is 1. The zero-order valence-electron chi connectivity index (χ0n) is 11.4. The molecule has 21 heavy (non-hydrogen) atoms. The molecule has 6 nitrogen and oxygen atoms in total. The minimum atomic E-state index is -3.64. The first kappa shape index (κ1) is 16.3. The highest BCUT2D eigenvalue weighted by atomic mass is 32.2. The SMILES string of the molecule is O=S(=O)(NCCOCC(F)F)c1c[nH]c(CNC2CC2)c1. The average Bonchev–Trinajstić information content (AvgIpc) is 3.11. The molecule has 1 aromatic heterocycles. The third kappa shape index (κ3) is 5.70. The first-order valence-corrected chi connectivity index (χ1v) is 8.22. The number of rotatable bonds is 10. The zero-order valence-corrected chi connectivity index (χ0v) is 12.3. The van der Waals surface area contributed by atoms with E-state index in [-0.39, 0.29) is 18.0 Å². The molecule has 9 heteroatoms. The summed E-state index contributed by atoms with van der Waals surface area (Å²) in [6.07, 6.45) is 1.18. The fourth-order valence-electron chi connectivity index (χ4n) is 1.72. The van der Waals surface area contributed by atoms with Gasteiger partial charge in [-0.3, -0.25) is 0 Å². The highest BCUT2D eigenvalue weighted by molar-refractivity contribution is 7.89. The Morgan fingerprint density at radius 1 is 1.43 bits per heavy atom. The quantitative estimate of drug-likeness (QED) is 0.557. The highest BCUT2D eigenvalue weighted by Crippen LogP contribution is 2.19. The maximum Gasteiger partial charge on any atom is 0.261 e. The van der Waals surface area contributed by atoms with E-state index < -0.39 is 23.1 Å². The monoisotopic (exact) mass is 323 g/mol. The fraction of sp³-hybridized carbons (Fsp3) is 0.667. The van der Waals surface area contributed by atoms with E-state index in [2.05, 4.69) is 19.8 Å². The van der Waals surface area contributed by atoms with Crippen molar-refractivity contribution in [2.45, 2.75) is 36.7 Å². The van der Waals surface area contributed by atoms with Crippen molar-refractivity contribution in [2.75, 3.05) is 19.8 Å². The van der Waals surface area contributed by atoms with Crippen molar-refractivity contribution in [3.8, 4) is 0 Å². The van der Waals surface area contributed by atoms with Gasteiger partial charge in [0.15, 0.2) is 0 Å². The number of aromatic amines is 1. The molecular weight excluding hydrogens is 304 g/mol. The number of alkyl halides is 2. The summed E-state index contributed by atoms with van der Waals surface area (Å²) in [4.78, 5) is 3.03. The molecule has 1 aliphatic carbocycles. The molecule has 0 amide bonds. The number of H-pyrrole nitrogens is 1. The smallest absolute Gasteiger partial charge is 0.261 e. The largest absolute Gasteiger partial charge is 0.374 e. The van der Waals surface area contributed by atoms with Crippen molar-refractivity contribution < 1.29 is 21.9 Å². The van der Waals surface area contributed by atoms with E-state index in [0.29, 0.717) is 12.6 Å². The van der Waals surface area contributed by atoms with Crippen LogP contribution in [0, 0.1) is 0 Å². The Morgan fingerprint density at radius 2 is 2.19 bits per heavy atom. The number of hydrogen-bond acceptors (Lipinski definition) is 4. The van der Waals surface area contributed by atoms with Crippen LogP contribution in [-0.2, 0) is 21.3 Å². The van der Waals surface area contributed by atoms with Gasteiger partial charge >= 0.3 is 0 Å². The van der Waals surface area contributed by atoms with Gasteiger partial charge in [-0.15, -0.1) is 0 Å². The molecule has 0 atom stereocenters. The van der Waals surface area contributed by atoms with Crippen molar-refractivity contribution in [3.05, 3.63) is 18.0 Å². The minimum absolute atomic E-state index is 0.0457. The molecule has 0 bridgehead atoms. The van der Waals surface area contributed by atoms with Gasteiger partial charge in [0, 0.05) is 31.0 Å². The van der Waals surface area contributed by atoms with Crippen LogP contribution in [0.25, 0.3) is 0 Å². The van der Waals surface area contributed by atoms with E-state index in [4.69, 9.17) is 0 Å². The molecule has 3 N–H and O–H groups in total. The molecule has 2 rings (SSSR count). The maximum atomic E-state index is 11.9. The number of nitrogens with one attached hydrogen (secondary N) is 3. The topological polar surface area (TPSA) is 83.2 Å². The lowest BCUT2D eigenvalue weighted by atomic mass is 10.4. The second-order valence-electron chi connectivity index (χ2n) is 4.88. The highest BCUT2D eigenvalue weighted by Gasteiger charge is 2.21. The Morgan fingerprint density at radius 3 is 2.86 bits per heavy atom. The summed E-state index contributed by atoms with van der Waals surface area (Å²) in [6.45, 7) is -0.236. The van der Waals surface area contributed by atoms with E-state index in [1.54, 1.807) is 6.07 Å². The van der Waals surface area contributed by atoms with Crippen molar-refractivity contribution >= 4 is 10.0 Å². The van der Waals surface area contributed by atoms with Gasteiger partial charge in [-0.05, 0) is 18.9 Å². The molecule has 1 heterocycles. The van der Waals surface area contributed by atoms with Crippen LogP contribution in [0.1, 0.15) is 18.5 Å². The Bertz CT molecular complexity index is 544. The van der Waals surface area contributed by atoms with Crippen LogP contribution in [0.4, 0.5) is 8.78 Å². The summed E-state index contributed by atoms with van der Waals surface area (Å²) >= 11 is 0. The van der Waals surface area contributed by atoms with E-state index >= 15 is 0 Å². The summed E-state index contributed by atoms with van der Waals surface area (Å²) in [7, 11) is -3.64. The van der Waals surface area contributed by atoms with Crippen LogP contribution < -0.4 is 10.0 Å². The van der Waals surface area contributed by atoms with Crippen LogP contribution in [0.15, 0.2) is 17.2 Å². The summed E-state index contributed by atoms with van der Waals surface area (Å²) in [6, 6.07) is 2.09. The summed E-state index contributed by atoms with van der Waals surface area (Å²) in [5.74, 6) is 0. The lowest BCUT2D eigenvalue weighted by Crippen LogP contribution is -2.27.